The topological polar surface area (TPSA) is 48.7 Å². The first kappa shape index (κ1) is 17.1. The predicted octanol–water partition coefficient (Wildman–Crippen LogP) is -0.537. The summed E-state index contributed by atoms with van der Waals surface area (Å²) in [5.74, 6) is 1.69. The van der Waals surface area contributed by atoms with Crippen LogP contribution in [0.15, 0.2) is 18.2 Å². The van der Waals surface area contributed by atoms with Gasteiger partial charge in [0, 0.05) is 5.56 Å². The zero-order valence-electron chi connectivity index (χ0n) is 13.9. The highest BCUT2D eigenvalue weighted by Crippen LogP contribution is 2.28. The number of hydrogen-bond donors (Lipinski definition) is 2. The number of ether oxygens (including phenoxy) is 3. The van der Waals surface area contributed by atoms with E-state index in [4.69, 9.17) is 14.2 Å². The van der Waals surface area contributed by atoms with Crippen molar-refractivity contribution in [1.29, 1.82) is 0 Å². The maximum atomic E-state index is 5.67. The Bertz CT molecular complexity index is 434. The molecule has 0 atom stereocenters. The quantitative estimate of drug-likeness (QED) is 0.603. The maximum Gasteiger partial charge on any atom is 0.161 e. The summed E-state index contributed by atoms with van der Waals surface area (Å²) < 4.78 is 16.7. The van der Waals surface area contributed by atoms with Gasteiger partial charge >= 0.3 is 0 Å². The van der Waals surface area contributed by atoms with E-state index in [1.54, 1.807) is 4.90 Å². The van der Waals surface area contributed by atoms with Crippen molar-refractivity contribution in [1.82, 2.24) is 0 Å². The molecule has 2 rings (SSSR count). The molecular formula is C17H30N2O3+2. The van der Waals surface area contributed by atoms with E-state index >= 15 is 0 Å². The first-order valence-electron chi connectivity index (χ1n) is 8.45. The maximum absolute atomic E-state index is 5.67. The molecule has 1 aliphatic rings. The lowest BCUT2D eigenvalue weighted by molar-refractivity contribution is -0.920. The molecule has 1 aromatic rings. The third-order valence-electron chi connectivity index (χ3n) is 3.89. The van der Waals surface area contributed by atoms with Gasteiger partial charge < -0.3 is 24.4 Å². The van der Waals surface area contributed by atoms with Gasteiger partial charge in [-0.1, -0.05) is 0 Å². The van der Waals surface area contributed by atoms with Crippen molar-refractivity contribution in [2.75, 3.05) is 52.6 Å². The summed E-state index contributed by atoms with van der Waals surface area (Å²) in [6.45, 7) is 12.8. The minimum Gasteiger partial charge on any atom is -0.490 e. The summed E-state index contributed by atoms with van der Waals surface area (Å²) >= 11 is 0. The molecular weight excluding hydrogens is 280 g/mol. The number of nitrogens with two attached hydrogens (primary N) is 1. The number of rotatable bonds is 9. The second-order valence-corrected chi connectivity index (χ2v) is 5.54. The Labute approximate surface area is 133 Å². The van der Waals surface area contributed by atoms with Crippen molar-refractivity contribution >= 4 is 0 Å². The van der Waals surface area contributed by atoms with E-state index in [1.165, 1.54) is 12.1 Å². The largest absolute Gasteiger partial charge is 0.490 e. The van der Waals surface area contributed by atoms with Gasteiger partial charge in [0.1, 0.15) is 32.7 Å². The van der Waals surface area contributed by atoms with Gasteiger partial charge in [0.05, 0.1) is 26.4 Å². The van der Waals surface area contributed by atoms with Gasteiger partial charge in [0.2, 0.25) is 0 Å². The SMILES string of the molecule is CCOc1ccc(C[NH2+]CC[NH+]2CCOCC2)cc1OCC. The summed E-state index contributed by atoms with van der Waals surface area (Å²) in [7, 11) is 0. The average molecular weight is 310 g/mol. The van der Waals surface area contributed by atoms with E-state index in [-0.39, 0.29) is 0 Å². The highest BCUT2D eigenvalue weighted by molar-refractivity contribution is 5.42. The fourth-order valence-corrected chi connectivity index (χ4v) is 2.71. The summed E-state index contributed by atoms with van der Waals surface area (Å²) in [5.41, 5.74) is 1.28. The van der Waals surface area contributed by atoms with Crippen LogP contribution in [0.2, 0.25) is 0 Å². The zero-order valence-corrected chi connectivity index (χ0v) is 13.9. The Balaban J connectivity index is 1.77. The fourth-order valence-electron chi connectivity index (χ4n) is 2.71. The summed E-state index contributed by atoms with van der Waals surface area (Å²) in [4.78, 5) is 1.66. The van der Waals surface area contributed by atoms with Crippen LogP contribution in [0.3, 0.4) is 0 Å². The summed E-state index contributed by atoms with van der Waals surface area (Å²) in [6, 6.07) is 6.25. The summed E-state index contributed by atoms with van der Waals surface area (Å²) in [6.07, 6.45) is 0. The molecule has 0 spiro atoms. The van der Waals surface area contributed by atoms with E-state index in [9.17, 15) is 0 Å². The van der Waals surface area contributed by atoms with Gasteiger partial charge in [-0.25, -0.2) is 0 Å². The standard InChI is InChI=1S/C17H28N2O3/c1-3-21-16-6-5-15(13-17(16)22-4-2)14-18-7-8-19-9-11-20-12-10-19/h5-6,13,18H,3-4,7-12,14H2,1-2H3/p+2. The van der Waals surface area contributed by atoms with E-state index in [2.05, 4.69) is 17.4 Å². The van der Waals surface area contributed by atoms with Crippen molar-refractivity contribution in [3.63, 3.8) is 0 Å². The molecule has 1 aromatic carbocycles. The number of nitrogens with one attached hydrogen (secondary N) is 1. The highest BCUT2D eigenvalue weighted by atomic mass is 16.5. The van der Waals surface area contributed by atoms with Gasteiger partial charge in [-0.05, 0) is 32.0 Å². The Morgan fingerprint density at radius 2 is 1.82 bits per heavy atom. The van der Waals surface area contributed by atoms with Crippen LogP contribution in [-0.2, 0) is 11.3 Å². The molecule has 1 fully saturated rings. The lowest BCUT2D eigenvalue weighted by Crippen LogP contribution is -3.16. The zero-order chi connectivity index (χ0) is 15.6. The minimum absolute atomic E-state index is 0.660. The third kappa shape index (κ3) is 5.48. The molecule has 1 aliphatic heterocycles. The predicted molar refractivity (Wildman–Crippen MR) is 85.7 cm³/mol. The molecule has 5 nitrogen and oxygen atoms in total. The fraction of sp³-hybridized carbons (Fsp3) is 0.647. The first-order valence-corrected chi connectivity index (χ1v) is 8.45. The van der Waals surface area contributed by atoms with Gasteiger partial charge in [-0.15, -0.1) is 0 Å². The van der Waals surface area contributed by atoms with E-state index < -0.39 is 0 Å². The molecule has 5 heteroatoms. The molecule has 22 heavy (non-hydrogen) atoms. The molecule has 1 heterocycles. The van der Waals surface area contributed by atoms with Crippen LogP contribution in [0.4, 0.5) is 0 Å². The molecule has 3 N–H and O–H groups in total. The minimum atomic E-state index is 0.660. The van der Waals surface area contributed by atoms with E-state index in [0.717, 1.165) is 50.9 Å². The van der Waals surface area contributed by atoms with Crippen LogP contribution in [-0.4, -0.2) is 52.6 Å². The van der Waals surface area contributed by atoms with Crippen molar-refractivity contribution < 1.29 is 24.4 Å². The Morgan fingerprint density at radius 3 is 2.55 bits per heavy atom. The highest BCUT2D eigenvalue weighted by Gasteiger charge is 2.14. The molecule has 0 saturated carbocycles. The molecule has 0 amide bonds. The second kappa shape index (κ2) is 9.66. The number of quaternary nitrogens is 2. The Hall–Kier alpha value is -1.30. The second-order valence-electron chi connectivity index (χ2n) is 5.54. The lowest BCUT2D eigenvalue weighted by Gasteiger charge is -2.22. The van der Waals surface area contributed by atoms with E-state index in [1.807, 2.05) is 19.9 Å². The van der Waals surface area contributed by atoms with Crippen molar-refractivity contribution in [2.24, 2.45) is 0 Å². The Morgan fingerprint density at radius 1 is 1.09 bits per heavy atom. The number of benzene rings is 1. The Kier molecular flexibility index (Phi) is 7.49. The molecule has 124 valence electrons. The molecule has 0 bridgehead atoms. The first-order chi connectivity index (χ1) is 10.8. The molecule has 0 aliphatic carbocycles. The van der Waals surface area contributed by atoms with Crippen molar-refractivity contribution in [2.45, 2.75) is 20.4 Å². The van der Waals surface area contributed by atoms with Gasteiger partial charge in [0.15, 0.2) is 11.5 Å². The molecule has 0 radical (unpaired) electrons. The molecule has 0 unspecified atom stereocenters. The van der Waals surface area contributed by atoms with Gasteiger partial charge in [-0.3, -0.25) is 0 Å². The van der Waals surface area contributed by atoms with Crippen LogP contribution < -0.4 is 19.7 Å². The van der Waals surface area contributed by atoms with Gasteiger partial charge in [-0.2, -0.15) is 0 Å². The van der Waals surface area contributed by atoms with Crippen LogP contribution in [0.5, 0.6) is 11.5 Å². The van der Waals surface area contributed by atoms with Crippen LogP contribution in [0.25, 0.3) is 0 Å². The van der Waals surface area contributed by atoms with E-state index in [0.29, 0.717) is 13.2 Å². The lowest BCUT2D eigenvalue weighted by atomic mass is 10.2. The molecule has 0 aromatic heterocycles. The normalized spacial score (nSPS) is 15.7. The average Bonchev–Trinajstić information content (AvgIpc) is 2.55. The molecule has 1 saturated heterocycles. The smallest absolute Gasteiger partial charge is 0.161 e. The van der Waals surface area contributed by atoms with Crippen LogP contribution in [0.1, 0.15) is 19.4 Å². The van der Waals surface area contributed by atoms with Crippen LogP contribution >= 0.6 is 0 Å². The van der Waals surface area contributed by atoms with Crippen LogP contribution in [0, 0.1) is 0 Å². The monoisotopic (exact) mass is 310 g/mol. The van der Waals surface area contributed by atoms with Crippen molar-refractivity contribution in [3.8, 4) is 11.5 Å². The summed E-state index contributed by atoms with van der Waals surface area (Å²) in [5, 5.41) is 2.37. The number of morpholine rings is 1. The van der Waals surface area contributed by atoms with Gasteiger partial charge in [0.25, 0.3) is 0 Å². The van der Waals surface area contributed by atoms with Crippen molar-refractivity contribution in [3.05, 3.63) is 23.8 Å². The third-order valence-corrected chi connectivity index (χ3v) is 3.89. The number of hydrogen-bond acceptors (Lipinski definition) is 3.